The van der Waals surface area contributed by atoms with E-state index in [0.717, 1.165) is 0 Å². The molecule has 1 heterocycles. The molecule has 0 amide bonds. The van der Waals surface area contributed by atoms with E-state index in [4.69, 9.17) is 10.00 Å². The summed E-state index contributed by atoms with van der Waals surface area (Å²) < 4.78 is 4.90. The third-order valence-corrected chi connectivity index (χ3v) is 2.30. The molecular weight excluding hydrogens is 192 g/mol. The van der Waals surface area contributed by atoms with E-state index in [9.17, 15) is 5.11 Å². The Morgan fingerprint density at radius 2 is 2.33 bits per heavy atom. The van der Waals surface area contributed by atoms with Gasteiger partial charge in [0.05, 0.1) is 25.2 Å². The van der Waals surface area contributed by atoms with Gasteiger partial charge < -0.3 is 9.84 Å². The molecule has 0 fully saturated rings. The van der Waals surface area contributed by atoms with Gasteiger partial charge in [-0.1, -0.05) is 6.92 Å². The lowest BCUT2D eigenvalue weighted by Gasteiger charge is -2.14. The topological polar surface area (TPSA) is 66.1 Å². The Hall–Kier alpha value is -1.60. The van der Waals surface area contributed by atoms with Crippen molar-refractivity contribution < 1.29 is 9.84 Å². The molecule has 0 aliphatic carbocycles. The number of rotatable bonds is 4. The number of nitriles is 1. The average molecular weight is 206 g/mol. The Balaban J connectivity index is 2.82. The maximum absolute atomic E-state index is 9.84. The molecule has 4 nitrogen and oxygen atoms in total. The minimum Gasteiger partial charge on any atom is -0.481 e. The third kappa shape index (κ3) is 2.67. The quantitative estimate of drug-likeness (QED) is 0.813. The lowest BCUT2D eigenvalue weighted by Crippen LogP contribution is -2.10. The minimum absolute atomic E-state index is 0.389. The first-order valence-electron chi connectivity index (χ1n) is 4.80. The zero-order valence-corrected chi connectivity index (χ0v) is 8.84. The number of aliphatic hydroxyl groups is 1. The van der Waals surface area contributed by atoms with Gasteiger partial charge in [-0.15, -0.1) is 0 Å². The number of methoxy groups -OCH3 is 1. The summed E-state index contributed by atoms with van der Waals surface area (Å²) in [4.78, 5) is 3.98. The highest BCUT2D eigenvalue weighted by Gasteiger charge is 2.18. The highest BCUT2D eigenvalue weighted by Crippen LogP contribution is 2.24. The first-order chi connectivity index (χ1) is 7.22. The van der Waals surface area contributed by atoms with Crippen molar-refractivity contribution in [2.45, 2.75) is 19.4 Å². The molecule has 0 bridgehead atoms. The molecule has 1 N–H and O–H groups in total. The number of hydrogen-bond acceptors (Lipinski definition) is 4. The monoisotopic (exact) mass is 206 g/mol. The first-order valence-corrected chi connectivity index (χ1v) is 4.80. The highest BCUT2D eigenvalue weighted by molar-refractivity contribution is 5.21. The van der Waals surface area contributed by atoms with Gasteiger partial charge in [0.2, 0.25) is 5.88 Å². The van der Waals surface area contributed by atoms with Crippen molar-refractivity contribution in [3.63, 3.8) is 0 Å². The van der Waals surface area contributed by atoms with Gasteiger partial charge in [0.25, 0.3) is 0 Å². The number of aliphatic hydroxyl groups excluding tert-OH is 1. The predicted molar refractivity (Wildman–Crippen MR) is 55.1 cm³/mol. The maximum atomic E-state index is 9.84. The van der Waals surface area contributed by atoms with Gasteiger partial charge in [-0.2, -0.15) is 5.26 Å². The van der Waals surface area contributed by atoms with Crippen molar-refractivity contribution in [3.05, 3.63) is 23.9 Å². The van der Waals surface area contributed by atoms with Crippen LogP contribution in [0.3, 0.4) is 0 Å². The van der Waals surface area contributed by atoms with Crippen molar-refractivity contribution in [1.29, 1.82) is 5.26 Å². The molecule has 0 saturated heterocycles. The third-order valence-electron chi connectivity index (χ3n) is 2.30. The molecule has 1 aromatic heterocycles. The number of nitrogens with zero attached hydrogens (tertiary/aromatic N) is 2. The van der Waals surface area contributed by atoms with E-state index < -0.39 is 6.10 Å². The van der Waals surface area contributed by atoms with Gasteiger partial charge in [-0.3, -0.25) is 0 Å². The van der Waals surface area contributed by atoms with Crippen LogP contribution in [0.15, 0.2) is 18.3 Å². The molecular formula is C11H14N2O2. The Morgan fingerprint density at radius 3 is 2.73 bits per heavy atom. The zero-order chi connectivity index (χ0) is 11.3. The van der Waals surface area contributed by atoms with Crippen molar-refractivity contribution in [3.8, 4) is 11.9 Å². The van der Waals surface area contributed by atoms with Crippen LogP contribution in [0.2, 0.25) is 0 Å². The molecule has 0 spiro atoms. The zero-order valence-electron chi connectivity index (χ0n) is 8.84. The van der Waals surface area contributed by atoms with Crippen LogP contribution in [0, 0.1) is 17.2 Å². The van der Waals surface area contributed by atoms with Crippen LogP contribution < -0.4 is 4.74 Å². The molecule has 2 unspecified atom stereocenters. The Morgan fingerprint density at radius 1 is 1.60 bits per heavy atom. The van der Waals surface area contributed by atoms with E-state index in [1.807, 2.05) is 6.92 Å². The Kier molecular flexibility index (Phi) is 4.07. The number of pyridine rings is 1. The maximum Gasteiger partial charge on any atom is 0.212 e. The fourth-order valence-corrected chi connectivity index (χ4v) is 1.30. The fourth-order valence-electron chi connectivity index (χ4n) is 1.30. The fraction of sp³-hybridized carbons (Fsp3) is 0.455. The van der Waals surface area contributed by atoms with Gasteiger partial charge in [-0.25, -0.2) is 4.98 Å². The van der Waals surface area contributed by atoms with Crippen molar-refractivity contribution in [2.75, 3.05) is 7.11 Å². The second kappa shape index (κ2) is 5.32. The molecule has 2 atom stereocenters. The van der Waals surface area contributed by atoms with Crippen LogP contribution >= 0.6 is 0 Å². The van der Waals surface area contributed by atoms with E-state index in [1.165, 1.54) is 13.3 Å². The first kappa shape index (κ1) is 11.5. The summed E-state index contributed by atoms with van der Waals surface area (Å²) in [5.41, 5.74) is 0.643. The highest BCUT2D eigenvalue weighted by atomic mass is 16.5. The van der Waals surface area contributed by atoms with Crippen LogP contribution in [0.4, 0.5) is 0 Å². The molecule has 1 rings (SSSR count). The molecule has 4 heteroatoms. The summed E-state index contributed by atoms with van der Waals surface area (Å²) in [5.74, 6) is 0.108. The lowest BCUT2D eigenvalue weighted by atomic mass is 9.96. The van der Waals surface area contributed by atoms with Gasteiger partial charge >= 0.3 is 0 Å². The number of hydrogen-bond donors (Lipinski definition) is 1. The van der Waals surface area contributed by atoms with E-state index in [0.29, 0.717) is 17.9 Å². The molecule has 0 radical (unpaired) electrons. The van der Waals surface area contributed by atoms with Crippen molar-refractivity contribution in [1.82, 2.24) is 4.98 Å². The number of ether oxygens (including phenoxy) is 1. The van der Waals surface area contributed by atoms with Crippen LogP contribution in [0.1, 0.15) is 25.0 Å². The SMILES string of the molecule is CCC(C#N)C(O)c1ccc(OC)nc1. The van der Waals surface area contributed by atoms with Crippen LogP contribution in [0.5, 0.6) is 5.88 Å². The Labute approximate surface area is 89.1 Å². The van der Waals surface area contributed by atoms with Crippen molar-refractivity contribution in [2.24, 2.45) is 5.92 Å². The summed E-state index contributed by atoms with van der Waals surface area (Å²) in [5, 5.41) is 18.6. The summed E-state index contributed by atoms with van der Waals surface area (Å²) in [6.07, 6.45) is 1.37. The molecule has 0 aliphatic heterocycles. The summed E-state index contributed by atoms with van der Waals surface area (Å²) in [6, 6.07) is 5.46. The second-order valence-electron chi connectivity index (χ2n) is 3.22. The molecule has 0 aromatic carbocycles. The second-order valence-corrected chi connectivity index (χ2v) is 3.22. The molecule has 15 heavy (non-hydrogen) atoms. The number of aromatic nitrogens is 1. The molecule has 0 aliphatic rings. The molecule has 0 saturated carbocycles. The molecule has 1 aromatic rings. The summed E-state index contributed by atoms with van der Waals surface area (Å²) in [7, 11) is 1.53. The van der Waals surface area contributed by atoms with Gasteiger partial charge in [0, 0.05) is 17.8 Å². The van der Waals surface area contributed by atoms with E-state index in [2.05, 4.69) is 11.1 Å². The Bertz CT molecular complexity index is 343. The standard InChI is InChI=1S/C11H14N2O2/c1-3-8(6-12)11(14)9-4-5-10(15-2)13-7-9/h4-5,7-8,11,14H,3H2,1-2H3. The van der Waals surface area contributed by atoms with E-state index in [1.54, 1.807) is 12.1 Å². The largest absolute Gasteiger partial charge is 0.481 e. The summed E-state index contributed by atoms with van der Waals surface area (Å²) in [6.45, 7) is 1.87. The van der Waals surface area contributed by atoms with E-state index in [-0.39, 0.29) is 5.92 Å². The minimum atomic E-state index is -0.779. The van der Waals surface area contributed by atoms with Crippen LogP contribution in [-0.2, 0) is 0 Å². The molecule has 80 valence electrons. The smallest absolute Gasteiger partial charge is 0.212 e. The van der Waals surface area contributed by atoms with Gasteiger partial charge in [-0.05, 0) is 12.5 Å². The lowest BCUT2D eigenvalue weighted by molar-refractivity contribution is 0.132. The average Bonchev–Trinajstić information content (AvgIpc) is 2.30. The van der Waals surface area contributed by atoms with E-state index >= 15 is 0 Å². The van der Waals surface area contributed by atoms with Crippen molar-refractivity contribution >= 4 is 0 Å². The van der Waals surface area contributed by atoms with Gasteiger partial charge in [0.15, 0.2) is 0 Å². The van der Waals surface area contributed by atoms with Crippen LogP contribution in [-0.4, -0.2) is 17.2 Å². The van der Waals surface area contributed by atoms with Gasteiger partial charge in [0.1, 0.15) is 0 Å². The van der Waals surface area contributed by atoms with Crippen LogP contribution in [0.25, 0.3) is 0 Å². The summed E-state index contributed by atoms with van der Waals surface area (Å²) >= 11 is 0. The predicted octanol–water partition coefficient (Wildman–Crippen LogP) is 1.67. The normalized spacial score (nSPS) is 14.0.